The number of fused-ring (bicyclic) bond motifs is 3. The van der Waals surface area contributed by atoms with Crippen molar-refractivity contribution in [2.45, 2.75) is 0 Å². The van der Waals surface area contributed by atoms with Crippen molar-refractivity contribution < 1.29 is 0 Å². The predicted octanol–water partition coefficient (Wildman–Crippen LogP) is 0.240. The van der Waals surface area contributed by atoms with Gasteiger partial charge in [-0.1, -0.05) is 18.2 Å². The molecule has 0 atom stereocenters. The molecule has 15 heavy (non-hydrogen) atoms. The largest absolute Gasteiger partial charge is 0.349 e. The summed E-state index contributed by atoms with van der Waals surface area (Å²) in [5.74, 6) is 0. The Hall–Kier alpha value is -2.30. The Morgan fingerprint density at radius 3 is 2.67 bits per heavy atom. The molecule has 5 nitrogen and oxygen atoms in total. The van der Waals surface area contributed by atoms with Crippen LogP contribution in [-0.4, -0.2) is 14.0 Å². The monoisotopic (exact) mass is 201 g/mol. The summed E-state index contributed by atoms with van der Waals surface area (Å²) in [4.78, 5) is 25.1. The molecule has 0 saturated heterocycles. The summed E-state index contributed by atoms with van der Waals surface area (Å²) in [6, 6.07) is 9.19. The van der Waals surface area contributed by atoms with E-state index in [0.717, 1.165) is 5.39 Å². The third kappa shape index (κ3) is 0.969. The van der Waals surface area contributed by atoms with Crippen molar-refractivity contribution in [3.8, 4) is 0 Å². The first-order valence-electron chi connectivity index (χ1n) is 4.49. The number of hydrogen-bond acceptors (Lipinski definition) is 2. The van der Waals surface area contributed by atoms with Gasteiger partial charge >= 0.3 is 11.4 Å². The average molecular weight is 201 g/mol. The molecule has 2 aromatic heterocycles. The van der Waals surface area contributed by atoms with Crippen LogP contribution in [0.1, 0.15) is 0 Å². The Morgan fingerprint density at radius 2 is 1.80 bits per heavy atom. The summed E-state index contributed by atoms with van der Waals surface area (Å²) >= 11 is 0. The van der Waals surface area contributed by atoms with E-state index in [1.54, 1.807) is 18.3 Å². The Labute approximate surface area is 83.2 Å². The topological polar surface area (TPSA) is 58.8 Å². The molecule has 0 amide bonds. The van der Waals surface area contributed by atoms with Gasteiger partial charge in [0.15, 0.2) is 0 Å². The molecule has 0 fully saturated rings. The van der Waals surface area contributed by atoms with Crippen LogP contribution in [-0.2, 0) is 0 Å². The average Bonchev–Trinajstić information content (AvgIpc) is 2.55. The Balaban J connectivity index is 2.77. The lowest BCUT2D eigenvalue weighted by Gasteiger charge is -2.00. The third-order valence-electron chi connectivity index (χ3n) is 2.39. The first-order chi connectivity index (χ1) is 7.27. The van der Waals surface area contributed by atoms with E-state index in [1.165, 1.54) is 9.03 Å². The summed E-state index contributed by atoms with van der Waals surface area (Å²) in [7, 11) is 0. The van der Waals surface area contributed by atoms with E-state index >= 15 is 0 Å². The standard InChI is InChI=1S/C10H7N3O2/c14-9-11-10(15)13-8-4-2-1-3-7(8)5-6-12(9)13/h1-6H,(H,11,14,15). The van der Waals surface area contributed by atoms with Gasteiger partial charge < -0.3 is 0 Å². The molecule has 1 aromatic carbocycles. The van der Waals surface area contributed by atoms with Crippen LogP contribution in [0.4, 0.5) is 0 Å². The van der Waals surface area contributed by atoms with Gasteiger partial charge in [0.2, 0.25) is 0 Å². The van der Waals surface area contributed by atoms with Gasteiger partial charge in [0.05, 0.1) is 5.52 Å². The fourth-order valence-corrected chi connectivity index (χ4v) is 1.72. The fourth-order valence-electron chi connectivity index (χ4n) is 1.72. The van der Waals surface area contributed by atoms with E-state index in [9.17, 15) is 9.59 Å². The Morgan fingerprint density at radius 1 is 1.00 bits per heavy atom. The van der Waals surface area contributed by atoms with E-state index in [2.05, 4.69) is 4.98 Å². The van der Waals surface area contributed by atoms with Crippen molar-refractivity contribution in [3.05, 3.63) is 57.5 Å². The highest BCUT2D eigenvalue weighted by Crippen LogP contribution is 2.09. The van der Waals surface area contributed by atoms with Crippen LogP contribution < -0.4 is 11.4 Å². The maximum atomic E-state index is 11.5. The SMILES string of the molecule is O=c1[nH]c(=O)n2c3ccccc3ccn12. The van der Waals surface area contributed by atoms with Gasteiger partial charge in [-0.3, -0.25) is 4.98 Å². The molecule has 2 heterocycles. The van der Waals surface area contributed by atoms with Gasteiger partial charge in [0.25, 0.3) is 0 Å². The van der Waals surface area contributed by atoms with Crippen LogP contribution in [0.5, 0.6) is 0 Å². The molecule has 0 bridgehead atoms. The molecule has 0 spiro atoms. The van der Waals surface area contributed by atoms with Gasteiger partial charge in [-0.05, 0) is 12.1 Å². The molecule has 0 saturated carbocycles. The maximum Gasteiger partial charge on any atom is 0.349 e. The number of aromatic amines is 1. The van der Waals surface area contributed by atoms with Crippen molar-refractivity contribution in [1.82, 2.24) is 14.0 Å². The van der Waals surface area contributed by atoms with Crippen molar-refractivity contribution in [3.63, 3.8) is 0 Å². The zero-order valence-electron chi connectivity index (χ0n) is 7.68. The summed E-state index contributed by atoms with van der Waals surface area (Å²) in [6.45, 7) is 0. The van der Waals surface area contributed by atoms with Crippen molar-refractivity contribution >= 4 is 10.9 Å². The van der Waals surface area contributed by atoms with Gasteiger partial charge in [0, 0.05) is 11.6 Å². The van der Waals surface area contributed by atoms with E-state index in [1.807, 2.05) is 18.2 Å². The van der Waals surface area contributed by atoms with Crippen LogP contribution in [0.25, 0.3) is 10.9 Å². The molecule has 0 aliphatic carbocycles. The van der Waals surface area contributed by atoms with E-state index in [4.69, 9.17) is 0 Å². The second kappa shape index (κ2) is 2.60. The summed E-state index contributed by atoms with van der Waals surface area (Å²) in [6.07, 6.45) is 1.57. The first-order valence-corrected chi connectivity index (χ1v) is 4.49. The second-order valence-electron chi connectivity index (χ2n) is 3.27. The molecular formula is C10H7N3O2. The van der Waals surface area contributed by atoms with Crippen LogP contribution in [0, 0.1) is 0 Å². The van der Waals surface area contributed by atoms with Crippen LogP contribution in [0.15, 0.2) is 46.1 Å². The lowest BCUT2D eigenvalue weighted by Crippen LogP contribution is -2.14. The van der Waals surface area contributed by atoms with Gasteiger partial charge in [-0.2, -0.15) is 4.52 Å². The molecular weight excluding hydrogens is 194 g/mol. The van der Waals surface area contributed by atoms with E-state index in [-0.39, 0.29) is 0 Å². The number of aromatic nitrogens is 3. The Kier molecular flexibility index (Phi) is 1.39. The summed E-state index contributed by atoms with van der Waals surface area (Å²) < 4.78 is 2.57. The number of para-hydroxylation sites is 1. The minimum atomic E-state index is -0.425. The molecule has 74 valence electrons. The highest BCUT2D eigenvalue weighted by molar-refractivity contribution is 5.78. The van der Waals surface area contributed by atoms with Crippen molar-refractivity contribution in [2.24, 2.45) is 0 Å². The first kappa shape index (κ1) is 8.05. The number of nitrogens with one attached hydrogen (secondary N) is 1. The van der Waals surface area contributed by atoms with Crippen molar-refractivity contribution in [1.29, 1.82) is 0 Å². The maximum absolute atomic E-state index is 11.5. The molecule has 3 rings (SSSR count). The van der Waals surface area contributed by atoms with Gasteiger partial charge in [-0.25, -0.2) is 14.1 Å². The quantitative estimate of drug-likeness (QED) is 0.566. The second-order valence-corrected chi connectivity index (χ2v) is 3.27. The third-order valence-corrected chi connectivity index (χ3v) is 2.39. The number of rotatable bonds is 0. The van der Waals surface area contributed by atoms with Gasteiger partial charge in [-0.15, -0.1) is 0 Å². The highest BCUT2D eigenvalue weighted by Gasteiger charge is 2.04. The molecule has 0 unspecified atom stereocenters. The van der Waals surface area contributed by atoms with E-state index < -0.39 is 11.4 Å². The molecule has 0 aliphatic rings. The molecule has 3 aromatic rings. The van der Waals surface area contributed by atoms with Crippen LogP contribution >= 0.6 is 0 Å². The highest BCUT2D eigenvalue weighted by atomic mass is 16.2. The number of H-pyrrole nitrogens is 1. The predicted molar refractivity (Wildman–Crippen MR) is 55.2 cm³/mol. The molecule has 1 N–H and O–H groups in total. The number of benzene rings is 1. The lowest BCUT2D eigenvalue weighted by atomic mass is 10.2. The zero-order valence-corrected chi connectivity index (χ0v) is 7.68. The minimum absolute atomic E-state index is 0.420. The smallest absolute Gasteiger partial charge is 0.256 e. The lowest BCUT2D eigenvalue weighted by molar-refractivity contribution is 0.805. The van der Waals surface area contributed by atoms with Crippen LogP contribution in [0.2, 0.25) is 0 Å². The normalized spacial score (nSPS) is 11.2. The summed E-state index contributed by atoms with van der Waals surface area (Å²) in [5, 5.41) is 0.915. The Bertz CT molecular complexity index is 763. The number of hydrogen-bond donors (Lipinski definition) is 1. The molecule has 0 radical (unpaired) electrons. The number of nitrogens with zero attached hydrogens (tertiary/aromatic N) is 2. The van der Waals surface area contributed by atoms with E-state index in [0.29, 0.717) is 5.52 Å². The van der Waals surface area contributed by atoms with Gasteiger partial charge in [0.1, 0.15) is 0 Å². The summed E-state index contributed by atoms with van der Waals surface area (Å²) in [5.41, 5.74) is -0.133. The molecule has 5 heteroatoms. The minimum Gasteiger partial charge on any atom is -0.256 e. The van der Waals surface area contributed by atoms with Crippen molar-refractivity contribution in [2.75, 3.05) is 0 Å². The van der Waals surface area contributed by atoms with Crippen LogP contribution in [0.3, 0.4) is 0 Å². The fraction of sp³-hybridized carbons (Fsp3) is 0. The zero-order chi connectivity index (χ0) is 10.4. The molecule has 0 aliphatic heterocycles.